The molecule has 0 fully saturated rings. The third-order valence-corrected chi connectivity index (χ3v) is 0.683. The van der Waals surface area contributed by atoms with E-state index in [-0.39, 0.29) is 0 Å². The molecular weight excluding hydrogens is 189 g/mol. The molecule has 43 valence electrons. The van der Waals surface area contributed by atoms with E-state index in [4.69, 9.17) is 3.25 Å². The minimum atomic E-state index is 0.500. The molecule has 0 aliphatic rings. The van der Waals surface area contributed by atoms with Gasteiger partial charge in [0.25, 0.3) is 0 Å². The molecule has 0 amide bonds. The predicted molar refractivity (Wildman–Crippen MR) is 27.5 cm³/mol. The van der Waals surface area contributed by atoms with E-state index in [0.717, 1.165) is 18.6 Å². The first kappa shape index (κ1) is 10.8. The summed E-state index contributed by atoms with van der Waals surface area (Å²) in [5.74, 6) is 0.865. The van der Waals surface area contributed by atoms with Crippen LogP contribution in [0.15, 0.2) is 0 Å². The van der Waals surface area contributed by atoms with Gasteiger partial charge in [-0.25, -0.2) is 0 Å². The van der Waals surface area contributed by atoms with E-state index in [0.29, 0.717) is 21.0 Å². The Morgan fingerprint density at radius 1 is 1.57 bits per heavy atom. The fraction of sp³-hybridized carbons (Fsp3) is 0.750. The molecule has 0 heterocycles. The van der Waals surface area contributed by atoms with Gasteiger partial charge in [0, 0.05) is 0 Å². The fourth-order valence-corrected chi connectivity index (χ4v) is 0.306. The van der Waals surface area contributed by atoms with Crippen LogP contribution in [0.2, 0.25) is 0 Å². The molecule has 0 N–H and O–H groups in total. The van der Waals surface area contributed by atoms with Crippen molar-refractivity contribution in [2.24, 2.45) is 0 Å². The number of hydrogen-bond acceptors (Lipinski definition) is 2. The normalized spacial score (nSPS) is 6.43. The minimum absolute atomic E-state index is 0.500. The van der Waals surface area contributed by atoms with Crippen LogP contribution in [-0.4, -0.2) is 5.75 Å². The average Bonchev–Trinajstić information content (AvgIpc) is 1.75. The van der Waals surface area contributed by atoms with Crippen molar-refractivity contribution in [3.63, 3.8) is 0 Å². The van der Waals surface area contributed by atoms with E-state index in [9.17, 15) is 0 Å². The molecular formula is C4H8NbOS-2. The van der Waals surface area contributed by atoms with E-state index >= 15 is 0 Å². The van der Waals surface area contributed by atoms with Gasteiger partial charge in [-0.2, -0.15) is 12.2 Å². The van der Waals surface area contributed by atoms with Gasteiger partial charge in [0.05, 0.1) is 0 Å². The van der Waals surface area contributed by atoms with Gasteiger partial charge < -0.3 is 19.6 Å². The molecule has 0 rings (SSSR count). The van der Waals surface area contributed by atoms with Crippen LogP contribution in [0.4, 0.5) is 0 Å². The molecule has 0 aromatic carbocycles. The fourth-order valence-electron chi connectivity index (χ4n) is 0.102. The molecule has 0 saturated heterocycles. The maximum absolute atomic E-state index is 8.30. The van der Waals surface area contributed by atoms with Gasteiger partial charge in [-0.1, -0.05) is 0 Å². The van der Waals surface area contributed by atoms with Crippen LogP contribution in [0.3, 0.4) is 0 Å². The van der Waals surface area contributed by atoms with Gasteiger partial charge in [-0.05, 0) is 0 Å². The topological polar surface area (TPSA) is 17.1 Å². The molecule has 7 heavy (non-hydrogen) atoms. The zero-order valence-electron chi connectivity index (χ0n) is 4.09. The van der Waals surface area contributed by atoms with E-state index in [2.05, 4.69) is 19.6 Å². The molecule has 0 aromatic rings. The van der Waals surface area contributed by atoms with Crippen LogP contribution >= 0.6 is 0 Å². The second-order valence-electron chi connectivity index (χ2n) is 0.911. The van der Waals surface area contributed by atoms with Crippen molar-refractivity contribution in [2.75, 3.05) is 5.75 Å². The van der Waals surface area contributed by atoms with Crippen molar-refractivity contribution >= 4 is 12.6 Å². The Hall–Kier alpha value is 0.890. The molecule has 0 unspecified atom stereocenters. The van der Waals surface area contributed by atoms with Crippen LogP contribution in [0.5, 0.6) is 0 Å². The number of rotatable bonds is 2. The van der Waals surface area contributed by atoms with Gasteiger partial charge in [0.1, 0.15) is 0 Å². The van der Waals surface area contributed by atoms with Gasteiger partial charge in [0.2, 0.25) is 0 Å². The molecule has 0 atom stereocenters. The van der Waals surface area contributed by atoms with Crippen LogP contribution in [0, 0.1) is 6.92 Å². The molecule has 1 nitrogen and oxygen atoms in total. The van der Waals surface area contributed by atoms with Crippen molar-refractivity contribution in [3.8, 4) is 0 Å². The molecule has 0 aliphatic heterocycles. The standard InChI is InChI=1S/C4H9S.Nb.O/c1-2-3-4-5;;/h5H,1-4H2;;/q-1;;/p-1. The first-order valence-corrected chi connectivity index (χ1v) is 3.45. The van der Waals surface area contributed by atoms with E-state index in [1.54, 1.807) is 0 Å². The average molecular weight is 197 g/mol. The van der Waals surface area contributed by atoms with Crippen LogP contribution in [0.25, 0.3) is 0 Å². The van der Waals surface area contributed by atoms with E-state index in [1.807, 2.05) is 0 Å². The number of hydrogen-bond donors (Lipinski definition) is 0. The Kier molecular flexibility index (Phi) is 24.4. The summed E-state index contributed by atoms with van der Waals surface area (Å²) in [6.07, 6.45) is 2.08. The Labute approximate surface area is 62.5 Å². The van der Waals surface area contributed by atoms with Crippen LogP contribution in [-0.2, 0) is 36.9 Å². The molecule has 0 aliphatic carbocycles. The Bertz CT molecular complexity index is 25.7. The zero-order valence-corrected chi connectivity index (χ0v) is 7.11. The molecule has 0 saturated carbocycles. The summed E-state index contributed by atoms with van der Waals surface area (Å²) in [5.41, 5.74) is 0. The summed E-state index contributed by atoms with van der Waals surface area (Å²) in [4.78, 5) is 0. The summed E-state index contributed by atoms with van der Waals surface area (Å²) < 4.78 is 8.30. The molecule has 0 spiro atoms. The molecule has 0 radical (unpaired) electrons. The maximum atomic E-state index is 8.30. The van der Waals surface area contributed by atoms with Gasteiger partial charge in [0.15, 0.2) is 0 Å². The third-order valence-electron chi connectivity index (χ3n) is 0.394. The Balaban J connectivity index is 0. The third kappa shape index (κ3) is 19.7. The summed E-state index contributed by atoms with van der Waals surface area (Å²) >= 11 is 5.11. The van der Waals surface area contributed by atoms with Crippen molar-refractivity contribution < 1.29 is 24.3 Å². The molecule has 0 aromatic heterocycles. The van der Waals surface area contributed by atoms with Crippen LogP contribution < -0.4 is 0 Å². The SMILES string of the molecule is [CH2-]CCC[S-].[O]=[Nb]. The Morgan fingerprint density at radius 3 is 2.00 bits per heavy atom. The van der Waals surface area contributed by atoms with Gasteiger partial charge in [-0.3, -0.25) is 0 Å². The summed E-state index contributed by atoms with van der Waals surface area (Å²) in [7, 11) is 0. The van der Waals surface area contributed by atoms with Crippen LogP contribution in [0.1, 0.15) is 12.8 Å². The first-order chi connectivity index (χ1) is 3.41. The molecule has 3 heteroatoms. The summed E-state index contributed by atoms with van der Waals surface area (Å²) in [6, 6.07) is 0. The van der Waals surface area contributed by atoms with Crippen molar-refractivity contribution in [2.45, 2.75) is 12.8 Å². The predicted octanol–water partition coefficient (Wildman–Crippen LogP) is 1.03. The Morgan fingerprint density at radius 2 is 2.00 bits per heavy atom. The first-order valence-electron chi connectivity index (χ1n) is 1.97. The summed E-state index contributed by atoms with van der Waals surface area (Å²) in [6.45, 7) is 3.61. The van der Waals surface area contributed by atoms with Crippen molar-refractivity contribution in [3.05, 3.63) is 6.92 Å². The van der Waals surface area contributed by atoms with Crippen molar-refractivity contribution in [1.29, 1.82) is 0 Å². The van der Waals surface area contributed by atoms with E-state index in [1.165, 1.54) is 0 Å². The van der Waals surface area contributed by atoms with Gasteiger partial charge in [-0.15, -0.1) is 6.42 Å². The monoisotopic (exact) mass is 197 g/mol. The van der Waals surface area contributed by atoms with Crippen molar-refractivity contribution in [1.82, 2.24) is 0 Å². The zero-order chi connectivity index (χ0) is 6.12. The molecule has 0 bridgehead atoms. The second-order valence-corrected chi connectivity index (χ2v) is 1.32. The quantitative estimate of drug-likeness (QED) is 0.373. The van der Waals surface area contributed by atoms with Gasteiger partial charge >= 0.3 is 24.3 Å². The summed E-state index contributed by atoms with van der Waals surface area (Å²) in [5, 5.41) is 0. The second kappa shape index (κ2) is 15.8. The van der Waals surface area contributed by atoms with E-state index < -0.39 is 0 Å². The number of unbranched alkanes of at least 4 members (excludes halogenated alkanes) is 1.